The van der Waals surface area contributed by atoms with E-state index >= 15 is 0 Å². The summed E-state index contributed by atoms with van der Waals surface area (Å²) in [5.41, 5.74) is 6.37. The van der Waals surface area contributed by atoms with E-state index < -0.39 is 0 Å². The maximum absolute atomic E-state index is 5.78. The first-order chi connectivity index (χ1) is 7.17. The molecule has 1 aromatic rings. The molecule has 0 aliphatic rings. The molecule has 0 bridgehead atoms. The van der Waals surface area contributed by atoms with Gasteiger partial charge in [0.1, 0.15) is 12.0 Å². The normalized spacial score (nSPS) is 12.0. The van der Waals surface area contributed by atoms with Gasteiger partial charge in [-0.2, -0.15) is 0 Å². The summed E-state index contributed by atoms with van der Waals surface area (Å²) in [5.74, 6) is 0.864. The van der Waals surface area contributed by atoms with Crippen LogP contribution in [0.3, 0.4) is 0 Å². The molecule has 0 amide bonds. The van der Waals surface area contributed by atoms with E-state index in [4.69, 9.17) is 10.5 Å². The van der Waals surface area contributed by atoms with Crippen LogP contribution in [0.15, 0.2) is 24.3 Å². The number of hydrogen-bond acceptors (Lipinski definition) is 3. The van der Waals surface area contributed by atoms with Gasteiger partial charge >= 0.3 is 0 Å². The van der Waals surface area contributed by atoms with E-state index in [2.05, 4.69) is 25.7 Å². The Kier molecular flexibility index (Phi) is 6.93. The minimum absolute atomic E-state index is 0. The van der Waals surface area contributed by atoms with Crippen molar-refractivity contribution in [3.63, 3.8) is 0 Å². The highest BCUT2D eigenvalue weighted by molar-refractivity contribution is 5.41. The Morgan fingerprint density at radius 3 is 2.12 bits per heavy atom. The number of anilines is 1. The van der Waals surface area contributed by atoms with Gasteiger partial charge in [-0.3, -0.25) is 4.90 Å². The van der Waals surface area contributed by atoms with Crippen molar-refractivity contribution >= 4 is 5.69 Å². The molecule has 1 aromatic carbocycles. The first-order valence-corrected chi connectivity index (χ1v) is 5.43. The van der Waals surface area contributed by atoms with Crippen molar-refractivity contribution in [2.24, 2.45) is 0 Å². The van der Waals surface area contributed by atoms with Crippen molar-refractivity contribution in [2.45, 2.75) is 27.0 Å². The van der Waals surface area contributed by atoms with Gasteiger partial charge in [0.25, 0.3) is 0 Å². The maximum Gasteiger partial charge on any atom is 0.149 e. The van der Waals surface area contributed by atoms with E-state index in [1.54, 1.807) is 0 Å². The molecule has 0 spiro atoms. The van der Waals surface area contributed by atoms with Crippen LogP contribution in [-0.2, 0) is 0 Å². The summed E-state index contributed by atoms with van der Waals surface area (Å²) in [6.07, 6.45) is 0.101. The molecule has 0 aromatic heterocycles. The molecule has 0 aliphatic heterocycles. The summed E-state index contributed by atoms with van der Waals surface area (Å²) in [6.45, 7) is 8.31. The summed E-state index contributed by atoms with van der Waals surface area (Å²) in [7, 11) is 0. The van der Waals surface area contributed by atoms with E-state index in [0.29, 0.717) is 0 Å². The van der Waals surface area contributed by atoms with Gasteiger partial charge in [-0.25, -0.2) is 0 Å². The molecule has 16 heavy (non-hydrogen) atoms. The number of benzene rings is 1. The number of nitrogens with two attached hydrogens (primary N) is 1. The zero-order valence-corrected chi connectivity index (χ0v) is 10.9. The highest BCUT2D eigenvalue weighted by Gasteiger charge is 2.10. The monoisotopic (exact) mass is 243 g/mol. The first-order valence-electron chi connectivity index (χ1n) is 5.43. The molecule has 1 rings (SSSR count). The molecule has 0 aliphatic carbocycles. The fourth-order valence-corrected chi connectivity index (χ4v) is 1.56. The molecule has 0 saturated carbocycles. The van der Waals surface area contributed by atoms with Crippen molar-refractivity contribution in [1.82, 2.24) is 4.90 Å². The quantitative estimate of drug-likeness (QED) is 0.551. The van der Waals surface area contributed by atoms with Crippen molar-refractivity contribution < 1.29 is 17.1 Å². The SMILES string of the molecule is CCN(CC)C(C)Oc1ccc(N)cc1.[Cl-]. The average Bonchev–Trinajstić information content (AvgIpc) is 2.23. The topological polar surface area (TPSA) is 38.5 Å². The third kappa shape index (κ3) is 4.29. The van der Waals surface area contributed by atoms with E-state index in [1.807, 2.05) is 24.3 Å². The van der Waals surface area contributed by atoms with Crippen LogP contribution < -0.4 is 22.9 Å². The Morgan fingerprint density at radius 1 is 1.19 bits per heavy atom. The van der Waals surface area contributed by atoms with Crippen molar-refractivity contribution in [3.8, 4) is 5.75 Å². The highest BCUT2D eigenvalue weighted by atomic mass is 35.5. The molecule has 0 heterocycles. The summed E-state index contributed by atoms with van der Waals surface area (Å²) >= 11 is 0. The lowest BCUT2D eigenvalue weighted by atomic mass is 10.3. The van der Waals surface area contributed by atoms with Crippen LogP contribution in [0.25, 0.3) is 0 Å². The second-order valence-electron chi connectivity index (χ2n) is 3.51. The van der Waals surface area contributed by atoms with Gasteiger partial charge in [-0.15, -0.1) is 0 Å². The predicted molar refractivity (Wildman–Crippen MR) is 63.9 cm³/mol. The molecule has 0 saturated heterocycles. The van der Waals surface area contributed by atoms with Gasteiger partial charge in [0.05, 0.1) is 0 Å². The van der Waals surface area contributed by atoms with Crippen LogP contribution in [0.4, 0.5) is 5.69 Å². The van der Waals surface area contributed by atoms with Gasteiger partial charge in [0.2, 0.25) is 0 Å². The fourth-order valence-electron chi connectivity index (χ4n) is 1.56. The molecule has 92 valence electrons. The lowest BCUT2D eigenvalue weighted by Crippen LogP contribution is -3.00. The molecule has 0 fully saturated rings. The minimum atomic E-state index is 0. The Morgan fingerprint density at radius 2 is 1.69 bits per heavy atom. The molecule has 0 radical (unpaired) electrons. The second-order valence-corrected chi connectivity index (χ2v) is 3.51. The summed E-state index contributed by atoms with van der Waals surface area (Å²) < 4.78 is 5.78. The molecule has 3 nitrogen and oxygen atoms in total. The molecule has 1 atom stereocenters. The maximum atomic E-state index is 5.78. The number of rotatable bonds is 5. The van der Waals surface area contributed by atoms with Gasteiger partial charge in [0.15, 0.2) is 0 Å². The van der Waals surface area contributed by atoms with Crippen LogP contribution in [0, 0.1) is 0 Å². The zero-order chi connectivity index (χ0) is 11.3. The van der Waals surface area contributed by atoms with Crippen LogP contribution in [0.1, 0.15) is 20.8 Å². The fraction of sp³-hybridized carbons (Fsp3) is 0.500. The van der Waals surface area contributed by atoms with Crippen molar-refractivity contribution in [2.75, 3.05) is 18.8 Å². The Labute approximate surface area is 104 Å². The van der Waals surface area contributed by atoms with Gasteiger partial charge in [0, 0.05) is 5.69 Å². The average molecular weight is 244 g/mol. The smallest absolute Gasteiger partial charge is 0.149 e. The van der Waals surface area contributed by atoms with Crippen molar-refractivity contribution in [1.29, 1.82) is 0 Å². The third-order valence-electron chi connectivity index (χ3n) is 2.51. The van der Waals surface area contributed by atoms with E-state index in [0.717, 1.165) is 24.5 Å². The van der Waals surface area contributed by atoms with Crippen molar-refractivity contribution in [3.05, 3.63) is 24.3 Å². The van der Waals surface area contributed by atoms with E-state index in [-0.39, 0.29) is 18.6 Å². The number of nitrogen functional groups attached to an aromatic ring is 1. The van der Waals surface area contributed by atoms with Gasteiger partial charge < -0.3 is 22.9 Å². The number of hydrogen-bond donors (Lipinski definition) is 1. The minimum Gasteiger partial charge on any atom is -1.00 e. The highest BCUT2D eigenvalue weighted by Crippen LogP contribution is 2.15. The predicted octanol–water partition coefficient (Wildman–Crippen LogP) is -0.661. The summed E-state index contributed by atoms with van der Waals surface area (Å²) in [5, 5.41) is 0. The summed E-state index contributed by atoms with van der Waals surface area (Å²) in [4.78, 5) is 2.25. The molecule has 4 heteroatoms. The first kappa shape index (κ1) is 15.1. The lowest BCUT2D eigenvalue weighted by molar-refractivity contribution is -0.00000724. The summed E-state index contributed by atoms with van der Waals surface area (Å²) in [6, 6.07) is 7.50. The Balaban J connectivity index is 0.00000225. The van der Waals surface area contributed by atoms with Crippen LogP contribution in [-0.4, -0.2) is 24.2 Å². The Hall–Kier alpha value is -0.930. The Bertz CT molecular complexity index is 286. The largest absolute Gasteiger partial charge is 1.00 e. The second kappa shape index (κ2) is 7.36. The molecular formula is C12H20ClN2O-. The number of halogens is 1. The third-order valence-corrected chi connectivity index (χ3v) is 2.51. The molecule has 1 unspecified atom stereocenters. The van der Waals surface area contributed by atoms with Crippen LogP contribution >= 0.6 is 0 Å². The van der Waals surface area contributed by atoms with Crippen LogP contribution in [0.5, 0.6) is 5.75 Å². The van der Waals surface area contributed by atoms with Crippen LogP contribution in [0.2, 0.25) is 0 Å². The van der Waals surface area contributed by atoms with Gasteiger partial charge in [-0.1, -0.05) is 13.8 Å². The molecule has 2 N–H and O–H groups in total. The molecular weight excluding hydrogens is 224 g/mol. The number of nitrogens with zero attached hydrogens (tertiary/aromatic N) is 1. The van der Waals surface area contributed by atoms with Gasteiger partial charge in [-0.05, 0) is 44.3 Å². The zero-order valence-electron chi connectivity index (χ0n) is 10.1. The van der Waals surface area contributed by atoms with E-state index in [9.17, 15) is 0 Å². The number of ether oxygens (including phenoxy) is 1. The van der Waals surface area contributed by atoms with E-state index in [1.165, 1.54) is 0 Å². The standard InChI is InChI=1S/C12H20N2O.ClH/c1-4-14(5-2)10(3)15-12-8-6-11(13)7-9-12;/h6-10H,4-5,13H2,1-3H3;1H/p-1. The lowest BCUT2D eigenvalue weighted by Gasteiger charge is -2.26.